The van der Waals surface area contributed by atoms with Crippen LogP contribution in [0.4, 0.5) is 4.79 Å². The van der Waals surface area contributed by atoms with Crippen LogP contribution in [0.25, 0.3) is 0 Å². The number of hydrogen-bond acceptors (Lipinski definition) is 2. The lowest BCUT2D eigenvalue weighted by Gasteiger charge is -2.35. The molecule has 5 nitrogen and oxygen atoms in total. The third-order valence-corrected chi connectivity index (χ3v) is 2.99. The quantitative estimate of drug-likeness (QED) is 0.717. The maximum atomic E-state index is 11.4. The highest BCUT2D eigenvalue weighted by Crippen LogP contribution is 2.27. The molecule has 1 aliphatic rings. The maximum absolute atomic E-state index is 11.4. The van der Waals surface area contributed by atoms with E-state index in [9.17, 15) is 14.7 Å². The predicted octanol–water partition coefficient (Wildman–Crippen LogP) is 1.13. The fourth-order valence-electron chi connectivity index (χ4n) is 2.17. The van der Waals surface area contributed by atoms with Crippen LogP contribution in [0.5, 0.6) is 0 Å². The molecule has 0 spiro atoms. The van der Waals surface area contributed by atoms with Gasteiger partial charge in [-0.05, 0) is 12.5 Å². The van der Waals surface area contributed by atoms with Crippen molar-refractivity contribution in [2.45, 2.75) is 19.0 Å². The number of carbonyl (C=O) groups is 2. The number of carboxylic acids is 1. The Kier molecular flexibility index (Phi) is 2.99. The highest BCUT2D eigenvalue weighted by atomic mass is 16.4. The van der Waals surface area contributed by atoms with Crippen LogP contribution in [0.1, 0.15) is 18.5 Å². The summed E-state index contributed by atoms with van der Waals surface area (Å²) in [7, 11) is 0. The van der Waals surface area contributed by atoms with Gasteiger partial charge >= 0.3 is 12.0 Å². The minimum Gasteiger partial charge on any atom is -0.481 e. The molecule has 1 fully saturated rings. The van der Waals surface area contributed by atoms with Gasteiger partial charge in [0, 0.05) is 6.04 Å². The molecule has 0 bridgehead atoms. The summed E-state index contributed by atoms with van der Waals surface area (Å²) < 4.78 is 0. The van der Waals surface area contributed by atoms with Crippen LogP contribution >= 0.6 is 0 Å². The first kappa shape index (κ1) is 11.4. The number of carboxylic acid groups (broad SMARTS) is 1. The molecule has 3 N–H and O–H groups in total. The second-order valence-corrected chi connectivity index (χ2v) is 4.16. The van der Waals surface area contributed by atoms with Crippen molar-refractivity contribution in [3.05, 3.63) is 35.9 Å². The van der Waals surface area contributed by atoms with Crippen molar-refractivity contribution in [3.8, 4) is 0 Å². The Morgan fingerprint density at radius 3 is 2.47 bits per heavy atom. The van der Waals surface area contributed by atoms with E-state index in [-0.39, 0.29) is 6.03 Å². The van der Waals surface area contributed by atoms with Crippen LogP contribution in [0.2, 0.25) is 0 Å². The highest BCUT2D eigenvalue weighted by Gasteiger charge is 2.39. The van der Waals surface area contributed by atoms with Crippen molar-refractivity contribution in [1.29, 1.82) is 0 Å². The minimum absolute atomic E-state index is 0.330. The topological polar surface area (TPSA) is 78.4 Å². The van der Waals surface area contributed by atoms with E-state index in [0.29, 0.717) is 0 Å². The lowest BCUT2D eigenvalue weighted by Crippen LogP contribution is -2.57. The molecule has 0 saturated carbocycles. The number of hydrogen-bond donors (Lipinski definition) is 3. The van der Waals surface area contributed by atoms with Gasteiger partial charge in [-0.3, -0.25) is 4.79 Å². The minimum atomic E-state index is -0.918. The molecule has 17 heavy (non-hydrogen) atoms. The van der Waals surface area contributed by atoms with E-state index in [0.717, 1.165) is 5.56 Å². The molecule has 2 rings (SSSR count). The number of amides is 2. The molecule has 1 saturated heterocycles. The molecular weight excluding hydrogens is 220 g/mol. The van der Waals surface area contributed by atoms with E-state index < -0.39 is 24.0 Å². The third kappa shape index (κ3) is 2.22. The van der Waals surface area contributed by atoms with Crippen LogP contribution in [-0.4, -0.2) is 23.1 Å². The first-order valence-electron chi connectivity index (χ1n) is 5.44. The molecule has 90 valence electrons. The molecule has 0 aromatic heterocycles. The summed E-state index contributed by atoms with van der Waals surface area (Å²) in [6.07, 6.45) is 0. The van der Waals surface area contributed by atoms with Gasteiger partial charge in [-0.1, -0.05) is 30.3 Å². The maximum Gasteiger partial charge on any atom is 0.315 e. The summed E-state index contributed by atoms with van der Waals surface area (Å²) in [5.74, 6) is -1.59. The smallest absolute Gasteiger partial charge is 0.315 e. The Bertz CT molecular complexity index is 433. The van der Waals surface area contributed by atoms with Crippen molar-refractivity contribution in [3.63, 3.8) is 0 Å². The largest absolute Gasteiger partial charge is 0.481 e. The van der Waals surface area contributed by atoms with Gasteiger partial charge in [0.15, 0.2) is 0 Å². The third-order valence-electron chi connectivity index (χ3n) is 2.99. The van der Waals surface area contributed by atoms with Gasteiger partial charge < -0.3 is 15.7 Å². The van der Waals surface area contributed by atoms with Crippen molar-refractivity contribution in [2.24, 2.45) is 5.92 Å². The molecule has 1 aromatic carbocycles. The van der Waals surface area contributed by atoms with Crippen molar-refractivity contribution in [2.75, 3.05) is 0 Å². The van der Waals surface area contributed by atoms with E-state index in [1.54, 1.807) is 6.92 Å². The fourth-order valence-corrected chi connectivity index (χ4v) is 2.17. The SMILES string of the molecule is CC1NC(=O)NC(c2ccccc2)C1C(=O)O. The Balaban J connectivity index is 2.34. The molecule has 1 heterocycles. The number of carbonyl (C=O) groups excluding carboxylic acids is 1. The molecule has 3 unspecified atom stereocenters. The summed E-state index contributed by atoms with van der Waals surface area (Å²) in [6, 6.07) is 7.93. The Morgan fingerprint density at radius 1 is 1.24 bits per heavy atom. The van der Waals surface area contributed by atoms with Gasteiger partial charge in [0.25, 0.3) is 0 Å². The van der Waals surface area contributed by atoms with Gasteiger partial charge in [-0.25, -0.2) is 4.79 Å². The van der Waals surface area contributed by atoms with Gasteiger partial charge in [0.05, 0.1) is 6.04 Å². The molecule has 0 aliphatic carbocycles. The predicted molar refractivity (Wildman–Crippen MR) is 61.4 cm³/mol. The molecule has 2 amide bonds. The van der Waals surface area contributed by atoms with Crippen molar-refractivity contribution >= 4 is 12.0 Å². The van der Waals surface area contributed by atoms with Gasteiger partial charge in [0.1, 0.15) is 5.92 Å². The molecular formula is C12H14N2O3. The second kappa shape index (κ2) is 4.45. The molecule has 3 atom stereocenters. The van der Waals surface area contributed by atoms with Crippen molar-refractivity contribution in [1.82, 2.24) is 10.6 Å². The Morgan fingerprint density at radius 2 is 1.88 bits per heavy atom. The fraction of sp³-hybridized carbons (Fsp3) is 0.333. The van der Waals surface area contributed by atoms with Crippen LogP contribution in [0.3, 0.4) is 0 Å². The second-order valence-electron chi connectivity index (χ2n) is 4.16. The molecule has 1 aromatic rings. The van der Waals surface area contributed by atoms with Crippen LogP contribution in [-0.2, 0) is 4.79 Å². The summed E-state index contributed by atoms with van der Waals surface area (Å²) in [5, 5.41) is 14.5. The number of urea groups is 1. The number of benzene rings is 1. The van der Waals surface area contributed by atoms with E-state index in [4.69, 9.17) is 0 Å². The zero-order chi connectivity index (χ0) is 12.4. The highest BCUT2D eigenvalue weighted by molar-refractivity contribution is 5.81. The standard InChI is InChI=1S/C12H14N2O3/c1-7-9(11(15)16)10(14-12(17)13-7)8-5-3-2-4-6-8/h2-7,9-10H,1H3,(H,15,16)(H2,13,14,17). The molecule has 5 heteroatoms. The normalized spacial score (nSPS) is 28.1. The Hall–Kier alpha value is -2.04. The lowest BCUT2D eigenvalue weighted by molar-refractivity contribution is -0.144. The first-order valence-corrected chi connectivity index (χ1v) is 5.44. The van der Waals surface area contributed by atoms with E-state index >= 15 is 0 Å². The zero-order valence-electron chi connectivity index (χ0n) is 9.38. The number of aliphatic carboxylic acids is 1. The zero-order valence-corrected chi connectivity index (χ0v) is 9.38. The average Bonchev–Trinajstić information content (AvgIpc) is 2.28. The van der Waals surface area contributed by atoms with Gasteiger partial charge in [-0.15, -0.1) is 0 Å². The summed E-state index contributed by atoms with van der Waals surface area (Å²) in [6.45, 7) is 1.70. The number of rotatable bonds is 2. The van der Waals surface area contributed by atoms with E-state index in [1.165, 1.54) is 0 Å². The van der Waals surface area contributed by atoms with Gasteiger partial charge in [0.2, 0.25) is 0 Å². The first-order chi connectivity index (χ1) is 8.09. The Labute approximate surface area is 98.8 Å². The summed E-state index contributed by atoms with van der Waals surface area (Å²) >= 11 is 0. The molecule has 1 aliphatic heterocycles. The van der Waals surface area contributed by atoms with E-state index in [1.807, 2.05) is 30.3 Å². The van der Waals surface area contributed by atoms with Crippen molar-refractivity contribution < 1.29 is 14.7 Å². The van der Waals surface area contributed by atoms with Crippen LogP contribution in [0, 0.1) is 5.92 Å². The number of nitrogens with one attached hydrogen (secondary N) is 2. The van der Waals surface area contributed by atoms with Crippen LogP contribution in [0.15, 0.2) is 30.3 Å². The van der Waals surface area contributed by atoms with Gasteiger partial charge in [-0.2, -0.15) is 0 Å². The monoisotopic (exact) mass is 234 g/mol. The summed E-state index contributed by atoms with van der Waals surface area (Å²) in [5.41, 5.74) is 0.807. The van der Waals surface area contributed by atoms with Crippen LogP contribution < -0.4 is 10.6 Å². The average molecular weight is 234 g/mol. The lowest BCUT2D eigenvalue weighted by atomic mass is 9.86. The summed E-state index contributed by atoms with van der Waals surface area (Å²) in [4.78, 5) is 22.7. The molecule has 0 radical (unpaired) electrons. The van der Waals surface area contributed by atoms with E-state index in [2.05, 4.69) is 10.6 Å².